The summed E-state index contributed by atoms with van der Waals surface area (Å²) in [7, 11) is 4.91. The van der Waals surface area contributed by atoms with Gasteiger partial charge in [0.05, 0.1) is 21.3 Å². The first-order valence-corrected chi connectivity index (χ1v) is 12.5. The molecule has 6 heteroatoms. The van der Waals surface area contributed by atoms with E-state index >= 15 is 0 Å². The number of hydrogen-bond donors (Lipinski definition) is 0. The van der Waals surface area contributed by atoms with Crippen molar-refractivity contribution in [3.8, 4) is 17.2 Å². The van der Waals surface area contributed by atoms with Crippen LogP contribution >= 0.6 is 6.89 Å². The summed E-state index contributed by atoms with van der Waals surface area (Å²) in [6.45, 7) is 3.05. The average Bonchev–Trinajstić information content (AvgIpc) is 2.82. The first-order valence-electron chi connectivity index (χ1n) is 10.6. The van der Waals surface area contributed by atoms with E-state index in [-0.39, 0.29) is 5.97 Å². The largest absolute Gasteiger partial charge is 0.497 e. The van der Waals surface area contributed by atoms with Gasteiger partial charge in [0.25, 0.3) is 0 Å². The molecule has 0 heterocycles. The Kier molecular flexibility index (Phi) is 7.55. The average molecular weight is 467 g/mol. The van der Waals surface area contributed by atoms with Crippen molar-refractivity contribution in [2.45, 2.75) is 26.4 Å². The highest BCUT2D eigenvalue weighted by Gasteiger charge is 2.28. The van der Waals surface area contributed by atoms with Gasteiger partial charge >= 0.3 is 5.97 Å². The Labute approximate surface area is 196 Å². The smallest absolute Gasteiger partial charge is 0.332 e. The SMILES string of the molecule is COc1ccc(P(=CC(=O)OC(C)(C)C)(c2ccc(OC)cc2)c2ccc(OC)cc2)cc1. The predicted octanol–water partition coefficient (Wildman–Crippen LogP) is 4.15. The van der Waals surface area contributed by atoms with Crippen molar-refractivity contribution in [2.75, 3.05) is 21.3 Å². The summed E-state index contributed by atoms with van der Waals surface area (Å²) >= 11 is 0. The summed E-state index contributed by atoms with van der Waals surface area (Å²) in [6.07, 6.45) is 0. The lowest BCUT2D eigenvalue weighted by atomic mass is 10.2. The molecule has 0 atom stereocenters. The van der Waals surface area contributed by atoms with Crippen LogP contribution in [0.15, 0.2) is 72.8 Å². The van der Waals surface area contributed by atoms with Gasteiger partial charge in [-0.2, -0.15) is 0 Å². The van der Waals surface area contributed by atoms with Crippen molar-refractivity contribution >= 4 is 34.6 Å². The van der Waals surface area contributed by atoms with E-state index in [0.717, 1.165) is 33.2 Å². The second kappa shape index (κ2) is 10.2. The van der Waals surface area contributed by atoms with E-state index in [4.69, 9.17) is 18.9 Å². The summed E-state index contributed by atoms with van der Waals surface area (Å²) < 4.78 is 21.9. The van der Waals surface area contributed by atoms with Crippen LogP contribution in [-0.4, -0.2) is 38.7 Å². The third-order valence-electron chi connectivity index (χ3n) is 5.14. The van der Waals surface area contributed by atoms with Gasteiger partial charge in [-0.05, 0) is 80.0 Å². The van der Waals surface area contributed by atoms with Gasteiger partial charge in [0.2, 0.25) is 0 Å². The molecule has 0 saturated heterocycles. The molecule has 0 N–H and O–H groups in total. The third kappa shape index (κ3) is 5.61. The summed E-state index contributed by atoms with van der Waals surface area (Å²) in [6, 6.07) is 23.6. The molecule has 0 amide bonds. The fraction of sp³-hybridized carbons (Fsp3) is 0.259. The van der Waals surface area contributed by atoms with Crippen molar-refractivity contribution < 1.29 is 23.7 Å². The second-order valence-electron chi connectivity index (χ2n) is 8.48. The molecule has 0 aromatic heterocycles. The lowest BCUT2D eigenvalue weighted by molar-refractivity contribution is -0.145. The summed E-state index contributed by atoms with van der Waals surface area (Å²) in [4.78, 5) is 13.2. The molecule has 0 unspecified atom stereocenters. The van der Waals surface area contributed by atoms with E-state index < -0.39 is 12.5 Å². The Bertz CT molecular complexity index is 1000. The Morgan fingerprint density at radius 2 is 0.939 bits per heavy atom. The standard InChI is InChI=1S/C27H31O5P/c1-27(2,3)32-26(28)19-33(23-13-7-20(29-4)8-14-23,24-15-9-21(30-5)10-16-24)25-17-11-22(31-6)12-18-25/h7-19H,1-6H3. The van der Waals surface area contributed by atoms with Crippen LogP contribution < -0.4 is 30.1 Å². The number of methoxy groups -OCH3 is 3. The second-order valence-corrected chi connectivity index (χ2v) is 11.7. The number of ether oxygens (including phenoxy) is 4. The molecule has 0 spiro atoms. The minimum atomic E-state index is -2.55. The normalized spacial score (nSPS) is 11.5. The number of hydrogen-bond acceptors (Lipinski definition) is 5. The van der Waals surface area contributed by atoms with Crippen LogP contribution in [-0.2, 0) is 9.53 Å². The van der Waals surface area contributed by atoms with E-state index in [1.165, 1.54) is 0 Å². The Morgan fingerprint density at radius 1 is 0.636 bits per heavy atom. The molecule has 3 rings (SSSR count). The first kappa shape index (κ1) is 24.5. The van der Waals surface area contributed by atoms with Crippen molar-refractivity contribution in [1.29, 1.82) is 0 Å². The molecule has 0 radical (unpaired) electrons. The van der Waals surface area contributed by atoms with E-state index in [1.807, 2.05) is 93.6 Å². The molecule has 174 valence electrons. The number of esters is 1. The summed E-state index contributed by atoms with van der Waals surface area (Å²) in [5.74, 6) is 3.64. The Balaban J connectivity index is 2.36. The zero-order valence-electron chi connectivity index (χ0n) is 20.0. The first-order chi connectivity index (χ1) is 15.7. The fourth-order valence-electron chi connectivity index (χ4n) is 3.61. The predicted molar refractivity (Wildman–Crippen MR) is 137 cm³/mol. The van der Waals surface area contributed by atoms with Gasteiger partial charge in [0, 0.05) is 5.80 Å². The molecular formula is C27H31O5P. The molecule has 0 aliphatic carbocycles. The maximum atomic E-state index is 13.2. The highest BCUT2D eigenvalue weighted by atomic mass is 31.2. The minimum absolute atomic E-state index is 0.363. The number of carbonyl (C=O) groups excluding carboxylic acids is 1. The van der Waals surface area contributed by atoms with Crippen LogP contribution in [0.3, 0.4) is 0 Å². The number of rotatable bonds is 7. The van der Waals surface area contributed by atoms with Crippen LogP contribution in [0.1, 0.15) is 20.8 Å². The summed E-state index contributed by atoms with van der Waals surface area (Å²) in [5.41, 5.74) is -0.608. The van der Waals surface area contributed by atoms with Gasteiger partial charge in [0.1, 0.15) is 22.8 Å². The van der Waals surface area contributed by atoms with E-state index in [1.54, 1.807) is 27.1 Å². The zero-order valence-corrected chi connectivity index (χ0v) is 20.9. The molecule has 3 aromatic rings. The van der Waals surface area contributed by atoms with Gasteiger partial charge in [-0.1, -0.05) is 36.4 Å². The molecule has 0 bridgehead atoms. The zero-order chi connectivity index (χ0) is 24.1. The van der Waals surface area contributed by atoms with Crippen LogP contribution in [0.5, 0.6) is 17.2 Å². The van der Waals surface area contributed by atoms with Crippen LogP contribution in [0.25, 0.3) is 0 Å². The lowest BCUT2D eigenvalue weighted by Gasteiger charge is -2.29. The van der Waals surface area contributed by atoms with E-state index in [9.17, 15) is 4.79 Å². The number of carbonyl (C=O) groups is 1. The van der Waals surface area contributed by atoms with Gasteiger partial charge in [-0.15, -0.1) is 0 Å². The molecule has 5 nitrogen and oxygen atoms in total. The molecule has 0 fully saturated rings. The van der Waals surface area contributed by atoms with Crippen molar-refractivity contribution in [2.24, 2.45) is 0 Å². The maximum Gasteiger partial charge on any atom is 0.332 e. The molecule has 33 heavy (non-hydrogen) atoms. The van der Waals surface area contributed by atoms with Crippen molar-refractivity contribution in [3.05, 3.63) is 72.8 Å². The molecule has 0 aliphatic heterocycles. The van der Waals surface area contributed by atoms with Crippen molar-refractivity contribution in [3.63, 3.8) is 0 Å². The minimum Gasteiger partial charge on any atom is -0.497 e. The third-order valence-corrected chi connectivity index (χ3v) is 9.08. The van der Waals surface area contributed by atoms with E-state index in [2.05, 4.69) is 0 Å². The van der Waals surface area contributed by atoms with Crippen LogP contribution in [0.2, 0.25) is 0 Å². The quantitative estimate of drug-likeness (QED) is 0.387. The molecule has 3 aromatic carbocycles. The van der Waals surface area contributed by atoms with Gasteiger partial charge < -0.3 is 18.9 Å². The van der Waals surface area contributed by atoms with Crippen LogP contribution in [0, 0.1) is 0 Å². The Hall–Kier alpha value is -3.17. The Morgan fingerprint density at radius 3 is 1.18 bits per heavy atom. The highest BCUT2D eigenvalue weighted by molar-refractivity contribution is 7.95. The van der Waals surface area contributed by atoms with Gasteiger partial charge in [-0.25, -0.2) is 4.79 Å². The van der Waals surface area contributed by atoms with Gasteiger partial charge in [0.15, 0.2) is 0 Å². The molecule has 0 aliphatic rings. The summed E-state index contributed by atoms with van der Waals surface area (Å²) in [5, 5.41) is 3.01. The molecular weight excluding hydrogens is 435 g/mol. The fourth-order valence-corrected chi connectivity index (χ4v) is 7.18. The maximum absolute atomic E-state index is 13.2. The van der Waals surface area contributed by atoms with E-state index in [0.29, 0.717) is 0 Å². The number of benzene rings is 3. The molecule has 0 saturated carbocycles. The van der Waals surface area contributed by atoms with Crippen molar-refractivity contribution in [1.82, 2.24) is 0 Å². The van der Waals surface area contributed by atoms with Crippen LogP contribution in [0.4, 0.5) is 0 Å². The topological polar surface area (TPSA) is 54.0 Å². The monoisotopic (exact) mass is 466 g/mol. The highest BCUT2D eigenvalue weighted by Crippen LogP contribution is 2.44. The van der Waals surface area contributed by atoms with Gasteiger partial charge in [-0.3, -0.25) is 0 Å². The lowest BCUT2D eigenvalue weighted by Crippen LogP contribution is -2.31.